The maximum atomic E-state index is 12.4. The minimum absolute atomic E-state index is 0. The highest BCUT2D eigenvalue weighted by atomic mass is 35.5. The number of aromatic amines is 1. The monoisotopic (exact) mass is 363 g/mol. The molecule has 134 valence electrons. The Balaban J connectivity index is 0.00000225. The van der Waals surface area contributed by atoms with Crippen molar-refractivity contribution in [3.05, 3.63) is 52.8 Å². The van der Waals surface area contributed by atoms with E-state index in [0.717, 1.165) is 29.8 Å². The highest BCUT2D eigenvalue weighted by molar-refractivity contribution is 5.97. The molecule has 2 amide bonds. The van der Waals surface area contributed by atoms with Crippen molar-refractivity contribution in [2.45, 2.75) is 32.5 Å². The summed E-state index contributed by atoms with van der Waals surface area (Å²) >= 11 is 0. The number of nitrogens with one attached hydrogen (secondary N) is 4. The molecule has 0 saturated heterocycles. The summed E-state index contributed by atoms with van der Waals surface area (Å²) in [5, 5.41) is 15.7. The van der Waals surface area contributed by atoms with Crippen LogP contribution in [0, 0.1) is 0 Å². The average Bonchev–Trinajstić information content (AvgIpc) is 3.04. The maximum Gasteiger partial charge on any atom is 0.272 e. The van der Waals surface area contributed by atoms with Crippen LogP contribution in [0.4, 0.5) is 0 Å². The summed E-state index contributed by atoms with van der Waals surface area (Å²) in [5.41, 5.74) is 3.24. The molecule has 1 unspecified atom stereocenters. The van der Waals surface area contributed by atoms with Crippen molar-refractivity contribution >= 4 is 24.2 Å². The number of rotatable bonds is 5. The van der Waals surface area contributed by atoms with E-state index in [4.69, 9.17) is 0 Å². The molecule has 1 atom stereocenters. The summed E-state index contributed by atoms with van der Waals surface area (Å²) in [7, 11) is 0. The van der Waals surface area contributed by atoms with E-state index < -0.39 is 6.04 Å². The molecular formula is C17H22ClN5O2. The van der Waals surface area contributed by atoms with Gasteiger partial charge in [-0.15, -0.1) is 12.4 Å². The van der Waals surface area contributed by atoms with Crippen molar-refractivity contribution in [1.82, 2.24) is 26.1 Å². The largest absolute Gasteiger partial charge is 0.350 e. The zero-order valence-corrected chi connectivity index (χ0v) is 14.8. The number of nitrogens with zero attached hydrogens (tertiary/aromatic N) is 1. The topological polar surface area (TPSA) is 98.9 Å². The molecule has 0 saturated carbocycles. The summed E-state index contributed by atoms with van der Waals surface area (Å²) in [6.45, 7) is 3.58. The van der Waals surface area contributed by atoms with Crippen LogP contribution >= 0.6 is 12.4 Å². The number of amides is 2. The van der Waals surface area contributed by atoms with Gasteiger partial charge in [0.1, 0.15) is 6.04 Å². The Hall–Kier alpha value is -2.38. The molecule has 8 heteroatoms. The van der Waals surface area contributed by atoms with Crippen molar-refractivity contribution in [3.8, 4) is 0 Å². The van der Waals surface area contributed by atoms with E-state index in [0.29, 0.717) is 18.8 Å². The lowest BCUT2D eigenvalue weighted by Gasteiger charge is -2.15. The standard InChI is InChI=1S/C17H21N5O2.ClH/c1-11(16(23)19-9-12-5-3-2-4-6-12)20-17(24)15-13-10-18-8-7-14(13)21-22-15;/h2-6,11,18H,7-10H2,1H3,(H,19,23)(H,20,24)(H,21,22);1H. The molecule has 1 aromatic carbocycles. The van der Waals surface area contributed by atoms with Gasteiger partial charge < -0.3 is 16.0 Å². The molecule has 1 aliphatic rings. The van der Waals surface area contributed by atoms with Crippen LogP contribution in [0.1, 0.15) is 34.2 Å². The second kappa shape index (κ2) is 8.64. The van der Waals surface area contributed by atoms with Gasteiger partial charge in [0.25, 0.3) is 5.91 Å². The molecule has 0 aliphatic carbocycles. The second-order valence-electron chi connectivity index (χ2n) is 5.85. The van der Waals surface area contributed by atoms with Gasteiger partial charge in [0, 0.05) is 37.3 Å². The van der Waals surface area contributed by atoms with Gasteiger partial charge in [0.2, 0.25) is 5.91 Å². The van der Waals surface area contributed by atoms with Gasteiger partial charge in [-0.25, -0.2) is 0 Å². The predicted molar refractivity (Wildman–Crippen MR) is 96.5 cm³/mol. The quantitative estimate of drug-likeness (QED) is 0.634. The summed E-state index contributed by atoms with van der Waals surface area (Å²) < 4.78 is 0. The number of H-pyrrole nitrogens is 1. The molecule has 0 spiro atoms. The number of carbonyl (C=O) groups excluding carboxylic acids is 2. The highest BCUT2D eigenvalue weighted by Gasteiger charge is 2.24. The van der Waals surface area contributed by atoms with Crippen LogP contribution in [0.2, 0.25) is 0 Å². The van der Waals surface area contributed by atoms with Crippen molar-refractivity contribution < 1.29 is 9.59 Å². The number of benzene rings is 1. The van der Waals surface area contributed by atoms with Crippen LogP contribution in [0.25, 0.3) is 0 Å². The smallest absolute Gasteiger partial charge is 0.272 e. The van der Waals surface area contributed by atoms with E-state index >= 15 is 0 Å². The average molecular weight is 364 g/mol. The van der Waals surface area contributed by atoms with Gasteiger partial charge in [0.15, 0.2) is 5.69 Å². The van der Waals surface area contributed by atoms with Crippen LogP contribution in [-0.2, 0) is 24.3 Å². The number of hydrogen-bond donors (Lipinski definition) is 4. The van der Waals surface area contributed by atoms with Crippen LogP contribution < -0.4 is 16.0 Å². The lowest BCUT2D eigenvalue weighted by atomic mass is 10.1. The van der Waals surface area contributed by atoms with Gasteiger partial charge in [-0.1, -0.05) is 30.3 Å². The minimum Gasteiger partial charge on any atom is -0.350 e. The van der Waals surface area contributed by atoms with E-state index in [1.807, 2.05) is 30.3 Å². The third-order valence-corrected chi connectivity index (χ3v) is 4.07. The lowest BCUT2D eigenvalue weighted by Crippen LogP contribution is -2.45. The van der Waals surface area contributed by atoms with E-state index in [2.05, 4.69) is 26.1 Å². The Kier molecular flexibility index (Phi) is 6.55. The molecule has 2 heterocycles. The fraction of sp³-hybridized carbons (Fsp3) is 0.353. The first-order chi connectivity index (χ1) is 11.6. The Morgan fingerprint density at radius 2 is 2.04 bits per heavy atom. The van der Waals surface area contributed by atoms with Crippen molar-refractivity contribution in [3.63, 3.8) is 0 Å². The van der Waals surface area contributed by atoms with Crippen LogP contribution in [-0.4, -0.2) is 34.6 Å². The molecule has 25 heavy (non-hydrogen) atoms. The number of fused-ring (bicyclic) bond motifs is 1. The molecule has 0 fully saturated rings. The zero-order chi connectivity index (χ0) is 16.9. The fourth-order valence-corrected chi connectivity index (χ4v) is 2.68. The van der Waals surface area contributed by atoms with Gasteiger partial charge in [-0.3, -0.25) is 14.7 Å². The highest BCUT2D eigenvalue weighted by Crippen LogP contribution is 2.15. The SMILES string of the molecule is CC(NC(=O)c1n[nH]c2c1CNCC2)C(=O)NCc1ccccc1.Cl. The fourth-order valence-electron chi connectivity index (χ4n) is 2.68. The minimum atomic E-state index is -0.634. The summed E-state index contributed by atoms with van der Waals surface area (Å²) in [5.74, 6) is -0.562. The first-order valence-electron chi connectivity index (χ1n) is 8.04. The van der Waals surface area contributed by atoms with Crippen LogP contribution in [0.3, 0.4) is 0 Å². The summed E-state index contributed by atoms with van der Waals surface area (Å²) in [6, 6.07) is 9.00. The van der Waals surface area contributed by atoms with Crippen LogP contribution in [0.5, 0.6) is 0 Å². The van der Waals surface area contributed by atoms with Gasteiger partial charge in [0.05, 0.1) is 0 Å². The molecule has 7 nitrogen and oxygen atoms in total. The first-order valence-corrected chi connectivity index (χ1v) is 8.04. The van der Waals surface area contributed by atoms with Crippen molar-refractivity contribution in [2.24, 2.45) is 0 Å². The van der Waals surface area contributed by atoms with E-state index in [1.54, 1.807) is 6.92 Å². The zero-order valence-electron chi connectivity index (χ0n) is 14.0. The van der Waals surface area contributed by atoms with Crippen molar-refractivity contribution in [2.75, 3.05) is 6.54 Å². The molecule has 4 N–H and O–H groups in total. The van der Waals surface area contributed by atoms with E-state index in [9.17, 15) is 9.59 Å². The Bertz CT molecular complexity index is 732. The maximum absolute atomic E-state index is 12.4. The van der Waals surface area contributed by atoms with E-state index in [1.165, 1.54) is 0 Å². The van der Waals surface area contributed by atoms with Gasteiger partial charge in [-0.05, 0) is 12.5 Å². The molecular weight excluding hydrogens is 342 g/mol. The molecule has 1 aliphatic heterocycles. The van der Waals surface area contributed by atoms with Gasteiger partial charge >= 0.3 is 0 Å². The molecule has 0 bridgehead atoms. The Labute approximate surface area is 152 Å². The second-order valence-corrected chi connectivity index (χ2v) is 5.85. The molecule has 0 radical (unpaired) electrons. The predicted octanol–water partition coefficient (Wildman–Crippen LogP) is 0.912. The Morgan fingerprint density at radius 1 is 1.28 bits per heavy atom. The number of aromatic nitrogens is 2. The molecule has 3 rings (SSSR count). The first kappa shape index (κ1) is 19.0. The Morgan fingerprint density at radius 3 is 2.80 bits per heavy atom. The molecule has 1 aromatic heterocycles. The number of halogens is 1. The molecule has 2 aromatic rings. The lowest BCUT2D eigenvalue weighted by molar-refractivity contribution is -0.122. The summed E-state index contributed by atoms with van der Waals surface area (Å²) in [6.07, 6.45) is 0.822. The summed E-state index contributed by atoms with van der Waals surface area (Å²) in [4.78, 5) is 24.5. The normalized spacial score (nSPS) is 14.0. The number of carbonyl (C=O) groups is 2. The van der Waals surface area contributed by atoms with E-state index in [-0.39, 0.29) is 24.2 Å². The van der Waals surface area contributed by atoms with Gasteiger partial charge in [-0.2, -0.15) is 5.10 Å². The van der Waals surface area contributed by atoms with Crippen molar-refractivity contribution in [1.29, 1.82) is 0 Å². The number of hydrogen-bond acceptors (Lipinski definition) is 4. The third-order valence-electron chi connectivity index (χ3n) is 4.07. The third kappa shape index (κ3) is 4.58. The van der Waals surface area contributed by atoms with Crippen LogP contribution in [0.15, 0.2) is 30.3 Å².